The Hall–Kier alpha value is -2.26. The first-order valence-electron chi connectivity index (χ1n) is 6.80. The van der Waals surface area contributed by atoms with E-state index in [0.29, 0.717) is 0 Å². The van der Waals surface area contributed by atoms with Crippen molar-refractivity contribution >= 4 is 10.9 Å². The fraction of sp³-hybridized carbons (Fsp3) is 0.176. The Bertz CT molecular complexity index is 695. The average Bonchev–Trinajstić information content (AvgIpc) is 2.48. The maximum absolute atomic E-state index is 6.22. The van der Waals surface area contributed by atoms with Gasteiger partial charge in [0, 0.05) is 35.9 Å². The molecule has 1 unspecified atom stereocenters. The zero-order chi connectivity index (χ0) is 13.8. The number of benzene rings is 1. The lowest BCUT2D eigenvalue weighted by molar-refractivity contribution is 0.655. The Morgan fingerprint density at radius 2 is 1.70 bits per heavy atom. The highest BCUT2D eigenvalue weighted by atomic mass is 14.7. The summed E-state index contributed by atoms with van der Waals surface area (Å²) >= 11 is 0. The molecule has 2 aromatic heterocycles. The molecule has 0 aliphatic rings. The topological polar surface area (TPSA) is 51.8 Å². The second-order valence-corrected chi connectivity index (χ2v) is 5.02. The zero-order valence-corrected chi connectivity index (χ0v) is 11.2. The van der Waals surface area contributed by atoms with Crippen LogP contribution < -0.4 is 5.73 Å². The third-order valence-electron chi connectivity index (χ3n) is 3.37. The third kappa shape index (κ3) is 3.00. The summed E-state index contributed by atoms with van der Waals surface area (Å²) in [5.41, 5.74) is 9.51. The van der Waals surface area contributed by atoms with E-state index in [1.165, 1.54) is 10.9 Å². The van der Waals surface area contributed by atoms with Crippen molar-refractivity contribution in [2.24, 2.45) is 5.73 Å². The van der Waals surface area contributed by atoms with Crippen LogP contribution in [-0.2, 0) is 12.8 Å². The number of fused-ring (bicyclic) bond motifs is 1. The maximum atomic E-state index is 6.22. The molecule has 0 aliphatic carbocycles. The molecule has 0 spiro atoms. The molecule has 0 saturated carbocycles. The second-order valence-electron chi connectivity index (χ2n) is 5.02. The summed E-state index contributed by atoms with van der Waals surface area (Å²) in [6.07, 6.45) is 5.23. The van der Waals surface area contributed by atoms with E-state index in [-0.39, 0.29) is 6.04 Å². The molecule has 100 valence electrons. The highest BCUT2D eigenvalue weighted by Crippen LogP contribution is 2.13. The Morgan fingerprint density at radius 1 is 0.900 bits per heavy atom. The molecule has 2 heterocycles. The van der Waals surface area contributed by atoms with Gasteiger partial charge in [-0.25, -0.2) is 0 Å². The van der Waals surface area contributed by atoms with Gasteiger partial charge in [-0.3, -0.25) is 9.97 Å². The number of nitrogens with zero attached hydrogens (tertiary/aromatic N) is 2. The molecule has 3 aromatic rings. The van der Waals surface area contributed by atoms with Gasteiger partial charge in [0.2, 0.25) is 0 Å². The second kappa shape index (κ2) is 5.80. The molecular formula is C17H17N3. The fourth-order valence-electron chi connectivity index (χ4n) is 2.38. The first kappa shape index (κ1) is 12.8. The minimum atomic E-state index is 0.0751. The summed E-state index contributed by atoms with van der Waals surface area (Å²) in [4.78, 5) is 8.68. The summed E-state index contributed by atoms with van der Waals surface area (Å²) in [6.45, 7) is 0. The molecule has 2 N–H and O–H groups in total. The predicted octanol–water partition coefficient (Wildman–Crippen LogP) is 2.74. The van der Waals surface area contributed by atoms with Crippen molar-refractivity contribution in [1.82, 2.24) is 9.97 Å². The van der Waals surface area contributed by atoms with E-state index in [9.17, 15) is 0 Å². The number of rotatable bonds is 4. The van der Waals surface area contributed by atoms with Crippen LogP contribution in [0.15, 0.2) is 60.9 Å². The van der Waals surface area contributed by atoms with Crippen molar-refractivity contribution in [1.29, 1.82) is 0 Å². The highest BCUT2D eigenvalue weighted by Gasteiger charge is 2.07. The molecule has 0 aliphatic heterocycles. The van der Waals surface area contributed by atoms with Crippen LogP contribution >= 0.6 is 0 Å². The van der Waals surface area contributed by atoms with Gasteiger partial charge in [-0.2, -0.15) is 0 Å². The lowest BCUT2D eigenvalue weighted by atomic mass is 10.0. The van der Waals surface area contributed by atoms with Crippen LogP contribution in [0.1, 0.15) is 11.3 Å². The molecule has 3 rings (SSSR count). The lowest BCUT2D eigenvalue weighted by Crippen LogP contribution is -2.25. The minimum Gasteiger partial charge on any atom is -0.327 e. The van der Waals surface area contributed by atoms with Crippen molar-refractivity contribution in [3.05, 3.63) is 72.2 Å². The summed E-state index contributed by atoms with van der Waals surface area (Å²) in [5, 5.41) is 1.17. The number of nitrogens with two attached hydrogens (primary N) is 1. The number of pyridine rings is 2. The van der Waals surface area contributed by atoms with Gasteiger partial charge in [-0.15, -0.1) is 0 Å². The fourth-order valence-corrected chi connectivity index (χ4v) is 2.38. The molecule has 0 bridgehead atoms. The van der Waals surface area contributed by atoms with Gasteiger partial charge in [0.15, 0.2) is 0 Å². The number of para-hydroxylation sites is 1. The van der Waals surface area contributed by atoms with Crippen molar-refractivity contribution < 1.29 is 0 Å². The van der Waals surface area contributed by atoms with E-state index in [1.807, 2.05) is 30.3 Å². The Morgan fingerprint density at radius 3 is 2.55 bits per heavy atom. The van der Waals surface area contributed by atoms with Crippen LogP contribution in [0, 0.1) is 0 Å². The molecule has 0 fully saturated rings. The molecule has 1 atom stereocenters. The summed E-state index contributed by atoms with van der Waals surface area (Å²) < 4.78 is 0. The molecule has 3 heteroatoms. The van der Waals surface area contributed by atoms with E-state index in [2.05, 4.69) is 28.2 Å². The van der Waals surface area contributed by atoms with Gasteiger partial charge in [0.1, 0.15) is 0 Å². The van der Waals surface area contributed by atoms with Crippen molar-refractivity contribution in [3.63, 3.8) is 0 Å². The van der Waals surface area contributed by atoms with Crippen molar-refractivity contribution in [2.75, 3.05) is 0 Å². The van der Waals surface area contributed by atoms with Crippen molar-refractivity contribution in [3.8, 4) is 0 Å². The Labute approximate surface area is 118 Å². The van der Waals surface area contributed by atoms with Crippen molar-refractivity contribution in [2.45, 2.75) is 18.9 Å². The quantitative estimate of drug-likeness (QED) is 0.787. The Balaban J connectivity index is 1.72. The molecule has 0 radical (unpaired) electrons. The van der Waals surface area contributed by atoms with Crippen LogP contribution in [0.5, 0.6) is 0 Å². The van der Waals surface area contributed by atoms with Crippen LogP contribution in [0.2, 0.25) is 0 Å². The van der Waals surface area contributed by atoms with E-state index in [4.69, 9.17) is 5.73 Å². The van der Waals surface area contributed by atoms with Gasteiger partial charge >= 0.3 is 0 Å². The first-order chi connectivity index (χ1) is 9.81. The smallest absolute Gasteiger partial charge is 0.0705 e. The molecule has 1 aromatic carbocycles. The lowest BCUT2D eigenvalue weighted by Gasteiger charge is -2.11. The van der Waals surface area contributed by atoms with Crippen LogP contribution in [0.3, 0.4) is 0 Å². The highest BCUT2D eigenvalue weighted by molar-refractivity contribution is 5.78. The number of aromatic nitrogens is 2. The van der Waals surface area contributed by atoms with Gasteiger partial charge in [0.25, 0.3) is 0 Å². The predicted molar refractivity (Wildman–Crippen MR) is 81.4 cm³/mol. The van der Waals surface area contributed by atoms with Gasteiger partial charge in [-0.1, -0.05) is 24.3 Å². The first-order valence-corrected chi connectivity index (χ1v) is 6.80. The number of hydrogen-bond donors (Lipinski definition) is 1. The van der Waals surface area contributed by atoms with E-state index >= 15 is 0 Å². The zero-order valence-electron chi connectivity index (χ0n) is 11.2. The van der Waals surface area contributed by atoms with Gasteiger partial charge in [-0.05, 0) is 36.2 Å². The van der Waals surface area contributed by atoms with E-state index < -0.39 is 0 Å². The SMILES string of the molecule is NC(Cc1ccncc1)Cc1ccc2ccccc2n1. The molecule has 20 heavy (non-hydrogen) atoms. The van der Waals surface area contributed by atoms with E-state index in [1.54, 1.807) is 12.4 Å². The molecular weight excluding hydrogens is 246 g/mol. The minimum absolute atomic E-state index is 0.0751. The van der Waals surface area contributed by atoms with Gasteiger partial charge < -0.3 is 5.73 Å². The molecule has 0 saturated heterocycles. The van der Waals surface area contributed by atoms with Crippen LogP contribution in [-0.4, -0.2) is 16.0 Å². The summed E-state index contributed by atoms with van der Waals surface area (Å²) in [6, 6.07) is 16.4. The molecule has 3 nitrogen and oxygen atoms in total. The van der Waals surface area contributed by atoms with Crippen LogP contribution in [0.4, 0.5) is 0 Å². The molecule has 0 amide bonds. The largest absolute Gasteiger partial charge is 0.327 e. The monoisotopic (exact) mass is 263 g/mol. The summed E-state index contributed by atoms with van der Waals surface area (Å²) in [7, 11) is 0. The normalized spacial score (nSPS) is 12.4. The Kier molecular flexibility index (Phi) is 3.70. The van der Waals surface area contributed by atoms with E-state index in [0.717, 1.165) is 24.1 Å². The van der Waals surface area contributed by atoms with Gasteiger partial charge in [0.05, 0.1) is 5.52 Å². The maximum Gasteiger partial charge on any atom is 0.0705 e. The third-order valence-corrected chi connectivity index (χ3v) is 3.37. The van der Waals surface area contributed by atoms with Crippen LogP contribution in [0.25, 0.3) is 10.9 Å². The average molecular weight is 263 g/mol. The number of hydrogen-bond acceptors (Lipinski definition) is 3. The summed E-state index contributed by atoms with van der Waals surface area (Å²) in [5.74, 6) is 0. The standard InChI is InChI=1S/C17H17N3/c18-15(11-13-7-9-19-10-8-13)12-16-6-5-14-3-1-2-4-17(14)20-16/h1-10,15H,11-12,18H2.